The number of rotatable bonds is 3. The van der Waals surface area contributed by atoms with Crippen molar-refractivity contribution in [3.05, 3.63) is 0 Å². The standard InChI is InChI=1S/C10H21NO2/c1-5-11-6-9(7-12-4)13-10(2,3)8-11/h9H,5-8H2,1-4H3/t9-/m1/s1. The molecule has 1 rings (SSSR count). The Balaban J connectivity index is 2.49. The maximum Gasteiger partial charge on any atom is 0.0942 e. The quantitative estimate of drug-likeness (QED) is 0.661. The van der Waals surface area contributed by atoms with Crippen LogP contribution in [0.2, 0.25) is 0 Å². The van der Waals surface area contributed by atoms with Gasteiger partial charge in [0.1, 0.15) is 0 Å². The normalized spacial score (nSPS) is 29.1. The predicted molar refractivity (Wildman–Crippen MR) is 52.9 cm³/mol. The van der Waals surface area contributed by atoms with Gasteiger partial charge in [-0.25, -0.2) is 0 Å². The first-order valence-corrected chi connectivity index (χ1v) is 4.96. The van der Waals surface area contributed by atoms with Crippen molar-refractivity contribution >= 4 is 0 Å². The van der Waals surface area contributed by atoms with Gasteiger partial charge in [0.2, 0.25) is 0 Å². The highest BCUT2D eigenvalue weighted by Crippen LogP contribution is 2.20. The number of hydrogen-bond donors (Lipinski definition) is 0. The summed E-state index contributed by atoms with van der Waals surface area (Å²) in [6.07, 6.45) is 0.230. The number of likely N-dealkylation sites (N-methyl/N-ethyl adjacent to an activating group) is 1. The molecule has 1 heterocycles. The summed E-state index contributed by atoms with van der Waals surface area (Å²) in [5, 5.41) is 0. The third-order valence-corrected chi connectivity index (χ3v) is 2.35. The third-order valence-electron chi connectivity index (χ3n) is 2.35. The lowest BCUT2D eigenvalue weighted by Gasteiger charge is -2.42. The lowest BCUT2D eigenvalue weighted by molar-refractivity contribution is -0.151. The average Bonchev–Trinajstić information content (AvgIpc) is 2.02. The largest absolute Gasteiger partial charge is 0.382 e. The molecule has 0 N–H and O–H groups in total. The summed E-state index contributed by atoms with van der Waals surface area (Å²) in [6, 6.07) is 0. The van der Waals surface area contributed by atoms with Crippen LogP contribution >= 0.6 is 0 Å². The zero-order chi connectivity index (χ0) is 9.90. The molecule has 0 spiro atoms. The van der Waals surface area contributed by atoms with Crippen LogP contribution in [0.25, 0.3) is 0 Å². The van der Waals surface area contributed by atoms with Gasteiger partial charge < -0.3 is 9.47 Å². The van der Waals surface area contributed by atoms with Gasteiger partial charge in [-0.3, -0.25) is 4.90 Å². The maximum atomic E-state index is 5.88. The molecule has 78 valence electrons. The molecule has 1 saturated heterocycles. The van der Waals surface area contributed by atoms with Gasteiger partial charge in [0.25, 0.3) is 0 Å². The Labute approximate surface area is 81.0 Å². The summed E-state index contributed by atoms with van der Waals surface area (Å²) in [6.45, 7) is 10.3. The van der Waals surface area contributed by atoms with Crippen molar-refractivity contribution in [3.63, 3.8) is 0 Å². The Morgan fingerprint density at radius 1 is 1.54 bits per heavy atom. The molecule has 0 saturated carbocycles. The van der Waals surface area contributed by atoms with Crippen LogP contribution in [-0.2, 0) is 9.47 Å². The molecule has 1 aliphatic heterocycles. The molecule has 0 aromatic heterocycles. The second-order valence-corrected chi connectivity index (χ2v) is 4.28. The zero-order valence-electron chi connectivity index (χ0n) is 9.17. The van der Waals surface area contributed by atoms with Crippen molar-refractivity contribution in [1.82, 2.24) is 4.90 Å². The SMILES string of the molecule is CCN1C[C@H](COC)OC(C)(C)C1. The molecule has 3 nitrogen and oxygen atoms in total. The molecular formula is C10H21NO2. The Kier molecular flexibility index (Phi) is 3.71. The van der Waals surface area contributed by atoms with Crippen LogP contribution < -0.4 is 0 Å². The molecule has 0 radical (unpaired) electrons. The van der Waals surface area contributed by atoms with Gasteiger partial charge in [-0.2, -0.15) is 0 Å². The van der Waals surface area contributed by atoms with Gasteiger partial charge in [0, 0.05) is 20.2 Å². The van der Waals surface area contributed by atoms with Crippen LogP contribution in [0.4, 0.5) is 0 Å². The smallest absolute Gasteiger partial charge is 0.0942 e. The molecule has 0 bridgehead atoms. The molecule has 3 heteroatoms. The van der Waals surface area contributed by atoms with Crippen molar-refractivity contribution in [2.45, 2.75) is 32.5 Å². The fraction of sp³-hybridized carbons (Fsp3) is 1.00. The van der Waals surface area contributed by atoms with Gasteiger partial charge in [-0.15, -0.1) is 0 Å². The average molecular weight is 187 g/mol. The maximum absolute atomic E-state index is 5.88. The summed E-state index contributed by atoms with van der Waals surface area (Å²) in [5.74, 6) is 0. The van der Waals surface area contributed by atoms with E-state index in [0.29, 0.717) is 6.61 Å². The van der Waals surface area contributed by atoms with Crippen LogP contribution in [0.3, 0.4) is 0 Å². The van der Waals surface area contributed by atoms with Crippen LogP contribution in [0.15, 0.2) is 0 Å². The van der Waals surface area contributed by atoms with E-state index in [4.69, 9.17) is 9.47 Å². The van der Waals surface area contributed by atoms with E-state index < -0.39 is 0 Å². The van der Waals surface area contributed by atoms with Crippen molar-refractivity contribution in [3.8, 4) is 0 Å². The van der Waals surface area contributed by atoms with E-state index in [1.165, 1.54) is 0 Å². The predicted octanol–water partition coefficient (Wildman–Crippen LogP) is 1.13. The van der Waals surface area contributed by atoms with Crippen LogP contribution in [0.1, 0.15) is 20.8 Å². The minimum absolute atomic E-state index is 0.0303. The van der Waals surface area contributed by atoms with E-state index in [0.717, 1.165) is 19.6 Å². The monoisotopic (exact) mass is 187 g/mol. The Hall–Kier alpha value is -0.120. The van der Waals surface area contributed by atoms with E-state index >= 15 is 0 Å². The molecule has 0 amide bonds. The molecule has 0 aromatic rings. The molecule has 1 fully saturated rings. The molecule has 1 atom stereocenters. The van der Waals surface area contributed by atoms with Crippen molar-refractivity contribution in [1.29, 1.82) is 0 Å². The first kappa shape index (κ1) is 11.0. The highest BCUT2D eigenvalue weighted by Gasteiger charge is 2.32. The fourth-order valence-electron chi connectivity index (χ4n) is 1.93. The Morgan fingerprint density at radius 3 is 2.77 bits per heavy atom. The minimum Gasteiger partial charge on any atom is -0.382 e. The summed E-state index contributed by atoms with van der Waals surface area (Å²) < 4.78 is 11.0. The summed E-state index contributed by atoms with van der Waals surface area (Å²) in [4.78, 5) is 2.41. The van der Waals surface area contributed by atoms with Crippen LogP contribution in [-0.4, -0.2) is 50.0 Å². The fourth-order valence-corrected chi connectivity index (χ4v) is 1.93. The Bertz CT molecular complexity index is 159. The number of hydrogen-bond acceptors (Lipinski definition) is 3. The number of morpholine rings is 1. The van der Waals surface area contributed by atoms with Gasteiger partial charge in [0.05, 0.1) is 18.3 Å². The number of methoxy groups -OCH3 is 1. The summed E-state index contributed by atoms with van der Waals surface area (Å²) in [5.41, 5.74) is -0.0303. The number of nitrogens with zero attached hydrogens (tertiary/aromatic N) is 1. The van der Waals surface area contributed by atoms with Gasteiger partial charge in [0.15, 0.2) is 0 Å². The van der Waals surface area contributed by atoms with Crippen molar-refractivity contribution in [2.75, 3.05) is 33.4 Å². The van der Waals surface area contributed by atoms with E-state index in [-0.39, 0.29) is 11.7 Å². The number of ether oxygens (including phenoxy) is 2. The molecule has 0 aliphatic carbocycles. The highest BCUT2D eigenvalue weighted by molar-refractivity contribution is 4.83. The molecular weight excluding hydrogens is 166 g/mol. The van der Waals surface area contributed by atoms with Gasteiger partial charge in [-0.1, -0.05) is 6.92 Å². The molecule has 13 heavy (non-hydrogen) atoms. The van der Waals surface area contributed by atoms with Crippen molar-refractivity contribution in [2.24, 2.45) is 0 Å². The van der Waals surface area contributed by atoms with E-state index in [1.54, 1.807) is 7.11 Å². The summed E-state index contributed by atoms with van der Waals surface area (Å²) >= 11 is 0. The van der Waals surface area contributed by atoms with Gasteiger partial charge >= 0.3 is 0 Å². The molecule has 1 aliphatic rings. The van der Waals surface area contributed by atoms with Crippen LogP contribution in [0.5, 0.6) is 0 Å². The molecule has 0 unspecified atom stereocenters. The third kappa shape index (κ3) is 3.25. The highest BCUT2D eigenvalue weighted by atomic mass is 16.5. The summed E-state index contributed by atoms with van der Waals surface area (Å²) in [7, 11) is 1.72. The van der Waals surface area contributed by atoms with E-state index in [9.17, 15) is 0 Å². The van der Waals surface area contributed by atoms with Gasteiger partial charge in [-0.05, 0) is 20.4 Å². The first-order chi connectivity index (χ1) is 6.07. The lowest BCUT2D eigenvalue weighted by atomic mass is 10.1. The first-order valence-electron chi connectivity index (χ1n) is 4.96. The molecule has 0 aromatic carbocycles. The van der Waals surface area contributed by atoms with E-state index in [2.05, 4.69) is 25.7 Å². The second kappa shape index (κ2) is 4.40. The van der Waals surface area contributed by atoms with Crippen molar-refractivity contribution < 1.29 is 9.47 Å². The lowest BCUT2D eigenvalue weighted by Crippen LogP contribution is -2.53. The Morgan fingerprint density at radius 2 is 2.23 bits per heavy atom. The second-order valence-electron chi connectivity index (χ2n) is 4.28. The zero-order valence-corrected chi connectivity index (χ0v) is 9.17. The van der Waals surface area contributed by atoms with Crippen LogP contribution in [0, 0.1) is 0 Å². The van der Waals surface area contributed by atoms with E-state index in [1.807, 2.05) is 0 Å². The minimum atomic E-state index is -0.0303. The topological polar surface area (TPSA) is 21.7 Å².